The Labute approximate surface area is 175 Å². The van der Waals surface area contributed by atoms with E-state index in [1.165, 1.54) is 0 Å². The molecule has 1 aliphatic carbocycles. The van der Waals surface area contributed by atoms with Crippen molar-refractivity contribution in [3.63, 3.8) is 0 Å². The number of halogens is 1. The van der Waals surface area contributed by atoms with E-state index in [9.17, 15) is 19.8 Å². The number of benzene rings is 1. The molecule has 0 fully saturated rings. The van der Waals surface area contributed by atoms with E-state index in [1.807, 2.05) is 32.0 Å². The third-order valence-corrected chi connectivity index (χ3v) is 6.70. The lowest BCUT2D eigenvalue weighted by molar-refractivity contribution is -0.148. The molecule has 2 rings (SSSR count). The van der Waals surface area contributed by atoms with Crippen LogP contribution in [0.4, 0.5) is 0 Å². The summed E-state index contributed by atoms with van der Waals surface area (Å²) in [6.45, 7) is 9.91. The van der Waals surface area contributed by atoms with Gasteiger partial charge in [-0.05, 0) is 47.1 Å². The molecule has 1 atom stereocenters. The largest absolute Gasteiger partial charge is 0.481 e. The van der Waals surface area contributed by atoms with Crippen molar-refractivity contribution in [2.24, 2.45) is 11.3 Å². The van der Waals surface area contributed by atoms with Gasteiger partial charge in [0.1, 0.15) is 5.41 Å². The Morgan fingerprint density at radius 1 is 1.18 bits per heavy atom. The topological polar surface area (TPSA) is 74.6 Å². The Bertz CT molecular complexity index is 846. The van der Waals surface area contributed by atoms with Crippen LogP contribution in [-0.2, 0) is 9.59 Å². The molecule has 0 bridgehead atoms. The number of carbonyl (C=O) groups is 2. The molecule has 0 spiro atoms. The molecule has 0 saturated heterocycles. The Hall–Kier alpha value is -1.88. The summed E-state index contributed by atoms with van der Waals surface area (Å²) in [5.74, 6) is -1.82. The van der Waals surface area contributed by atoms with Crippen molar-refractivity contribution in [3.05, 3.63) is 51.0 Å². The minimum Gasteiger partial charge on any atom is -0.481 e. The highest BCUT2D eigenvalue weighted by atomic mass is 79.9. The fraction of sp³-hybridized carbons (Fsp3) is 0.478. The maximum absolute atomic E-state index is 12.7. The van der Waals surface area contributed by atoms with Crippen molar-refractivity contribution < 1.29 is 19.8 Å². The van der Waals surface area contributed by atoms with Gasteiger partial charge in [0, 0.05) is 16.5 Å². The second kappa shape index (κ2) is 8.64. The molecular weight excluding hydrogens is 420 g/mol. The molecule has 1 aliphatic rings. The van der Waals surface area contributed by atoms with Crippen molar-refractivity contribution in [1.29, 1.82) is 0 Å². The molecule has 1 aromatic carbocycles. The minimum atomic E-state index is -1.27. The predicted octanol–water partition coefficient (Wildman–Crippen LogP) is 6.27. The summed E-state index contributed by atoms with van der Waals surface area (Å²) in [5.41, 5.74) is 2.21. The van der Waals surface area contributed by atoms with Crippen LogP contribution in [0.25, 0.3) is 5.57 Å². The zero-order valence-electron chi connectivity index (χ0n) is 17.2. The monoisotopic (exact) mass is 448 g/mol. The summed E-state index contributed by atoms with van der Waals surface area (Å²) in [6, 6.07) is 6.02. The van der Waals surface area contributed by atoms with Gasteiger partial charge in [0.05, 0.1) is 0 Å². The molecular formula is C23H29BrO4. The number of carboxylic acids is 2. The quantitative estimate of drug-likeness (QED) is 0.515. The van der Waals surface area contributed by atoms with Gasteiger partial charge >= 0.3 is 11.9 Å². The van der Waals surface area contributed by atoms with Crippen molar-refractivity contribution in [2.45, 2.75) is 59.8 Å². The zero-order valence-corrected chi connectivity index (χ0v) is 18.8. The van der Waals surface area contributed by atoms with E-state index in [1.54, 1.807) is 13.0 Å². The molecule has 0 saturated carbocycles. The zero-order chi connectivity index (χ0) is 21.2. The summed E-state index contributed by atoms with van der Waals surface area (Å²) in [5, 5.41) is 20.1. The van der Waals surface area contributed by atoms with Crippen molar-refractivity contribution >= 4 is 33.4 Å². The SMILES string of the molecule is CCC(CC)C1(C(=O)O)CC(C(=O)O)=C(C)C=C1c1ccc(C(C)C)cc1Br. The number of hydrogen-bond acceptors (Lipinski definition) is 2. The Kier molecular flexibility index (Phi) is 6.92. The van der Waals surface area contributed by atoms with Crippen molar-refractivity contribution in [3.8, 4) is 0 Å². The third-order valence-electron chi connectivity index (χ3n) is 6.05. The molecule has 0 amide bonds. The lowest BCUT2D eigenvalue weighted by Crippen LogP contribution is -2.42. The van der Waals surface area contributed by atoms with Crippen LogP contribution < -0.4 is 0 Å². The van der Waals surface area contributed by atoms with Crippen LogP contribution in [0.2, 0.25) is 0 Å². The second-order valence-electron chi connectivity index (χ2n) is 7.89. The molecule has 5 heteroatoms. The van der Waals surface area contributed by atoms with Crippen LogP contribution in [0.1, 0.15) is 70.9 Å². The van der Waals surface area contributed by atoms with Gasteiger partial charge in [-0.3, -0.25) is 4.79 Å². The van der Waals surface area contributed by atoms with Crippen LogP contribution in [0.15, 0.2) is 39.9 Å². The molecule has 1 unspecified atom stereocenters. The first kappa shape index (κ1) is 22.4. The second-order valence-corrected chi connectivity index (χ2v) is 8.74. The number of carboxylic acid groups (broad SMARTS) is 2. The van der Waals surface area contributed by atoms with Gasteiger partial charge in [0.15, 0.2) is 0 Å². The van der Waals surface area contributed by atoms with Gasteiger partial charge in [-0.25, -0.2) is 4.79 Å². The van der Waals surface area contributed by atoms with Crippen LogP contribution in [-0.4, -0.2) is 22.2 Å². The highest BCUT2D eigenvalue weighted by Crippen LogP contribution is 2.53. The van der Waals surface area contributed by atoms with Gasteiger partial charge in [-0.15, -0.1) is 0 Å². The highest BCUT2D eigenvalue weighted by molar-refractivity contribution is 9.10. The van der Waals surface area contributed by atoms with Crippen molar-refractivity contribution in [2.75, 3.05) is 0 Å². The summed E-state index contributed by atoms with van der Waals surface area (Å²) in [4.78, 5) is 24.5. The van der Waals surface area contributed by atoms with Gasteiger partial charge in [-0.2, -0.15) is 0 Å². The molecule has 28 heavy (non-hydrogen) atoms. The minimum absolute atomic E-state index is 0.0000516. The smallest absolute Gasteiger partial charge is 0.331 e. The number of hydrogen-bond donors (Lipinski definition) is 2. The Balaban J connectivity index is 2.82. The Morgan fingerprint density at radius 2 is 1.79 bits per heavy atom. The van der Waals surface area contributed by atoms with E-state index in [-0.39, 0.29) is 17.9 Å². The van der Waals surface area contributed by atoms with E-state index in [4.69, 9.17) is 0 Å². The van der Waals surface area contributed by atoms with E-state index in [2.05, 4.69) is 29.8 Å². The maximum Gasteiger partial charge on any atom is 0.331 e. The fourth-order valence-electron chi connectivity index (χ4n) is 4.33. The molecule has 0 radical (unpaired) electrons. The van der Waals surface area contributed by atoms with E-state index < -0.39 is 17.4 Å². The summed E-state index contributed by atoms with van der Waals surface area (Å²) < 4.78 is 0.841. The summed E-state index contributed by atoms with van der Waals surface area (Å²) in [7, 11) is 0. The lowest BCUT2D eigenvalue weighted by Gasteiger charge is -2.42. The highest BCUT2D eigenvalue weighted by Gasteiger charge is 2.51. The standard InChI is InChI=1S/C23H29BrO4/c1-6-16(7-2)23(22(27)28)12-18(21(25)26)14(5)10-19(23)17-9-8-15(13(3)4)11-20(17)24/h8-11,13,16H,6-7,12H2,1-5H3,(H,25,26)(H,27,28). The molecule has 0 heterocycles. The molecule has 0 aromatic heterocycles. The maximum atomic E-state index is 12.7. The lowest BCUT2D eigenvalue weighted by atomic mass is 9.60. The van der Waals surface area contributed by atoms with Gasteiger partial charge in [0.25, 0.3) is 0 Å². The van der Waals surface area contributed by atoms with E-state index in [0.29, 0.717) is 29.9 Å². The van der Waals surface area contributed by atoms with Gasteiger partial charge in [0.2, 0.25) is 0 Å². The van der Waals surface area contributed by atoms with Crippen LogP contribution in [0.5, 0.6) is 0 Å². The summed E-state index contributed by atoms with van der Waals surface area (Å²) in [6.07, 6.45) is 3.09. The van der Waals surface area contributed by atoms with Gasteiger partial charge < -0.3 is 10.2 Å². The Morgan fingerprint density at radius 3 is 2.21 bits per heavy atom. The predicted molar refractivity (Wildman–Crippen MR) is 115 cm³/mol. The van der Waals surface area contributed by atoms with E-state index in [0.717, 1.165) is 15.6 Å². The average molecular weight is 449 g/mol. The molecule has 1 aromatic rings. The van der Waals surface area contributed by atoms with Crippen molar-refractivity contribution in [1.82, 2.24) is 0 Å². The van der Waals surface area contributed by atoms with Crippen LogP contribution in [0, 0.1) is 11.3 Å². The summed E-state index contributed by atoms with van der Waals surface area (Å²) >= 11 is 3.64. The van der Waals surface area contributed by atoms with E-state index >= 15 is 0 Å². The number of allylic oxidation sites excluding steroid dienone is 2. The van der Waals surface area contributed by atoms with Gasteiger partial charge in [-0.1, -0.05) is 74.7 Å². The average Bonchev–Trinajstić information content (AvgIpc) is 2.62. The van der Waals surface area contributed by atoms with Crippen LogP contribution in [0.3, 0.4) is 0 Å². The number of rotatable bonds is 7. The molecule has 2 N–H and O–H groups in total. The first-order valence-electron chi connectivity index (χ1n) is 9.78. The molecule has 4 nitrogen and oxygen atoms in total. The first-order valence-corrected chi connectivity index (χ1v) is 10.6. The third kappa shape index (κ3) is 3.82. The first-order chi connectivity index (χ1) is 13.1. The molecule has 152 valence electrons. The normalized spacial score (nSPS) is 19.9. The molecule has 0 aliphatic heterocycles. The van der Waals surface area contributed by atoms with Crippen LogP contribution >= 0.6 is 15.9 Å². The number of aliphatic carboxylic acids is 2. The fourth-order valence-corrected chi connectivity index (χ4v) is 4.94.